The van der Waals surface area contributed by atoms with Crippen molar-refractivity contribution in [1.82, 2.24) is 5.43 Å². The molecule has 0 spiro atoms. The minimum absolute atomic E-state index is 0.203. The molecule has 0 bridgehead atoms. The van der Waals surface area contributed by atoms with E-state index in [0.29, 0.717) is 17.2 Å². The first-order valence-corrected chi connectivity index (χ1v) is 10.8. The van der Waals surface area contributed by atoms with Gasteiger partial charge in [-0.2, -0.15) is 5.10 Å². The number of methoxy groups -OCH3 is 1. The van der Waals surface area contributed by atoms with Crippen LogP contribution in [0.3, 0.4) is 0 Å². The molecule has 0 aliphatic rings. The van der Waals surface area contributed by atoms with Crippen LogP contribution in [0.25, 0.3) is 0 Å². The Bertz CT molecular complexity index is 938. The summed E-state index contributed by atoms with van der Waals surface area (Å²) < 4.78 is 11.6. The van der Waals surface area contributed by atoms with Crippen LogP contribution >= 0.6 is 15.9 Å². The maximum absolute atomic E-state index is 12.1. The van der Waals surface area contributed by atoms with E-state index in [4.69, 9.17) is 9.47 Å². The monoisotopic (exact) mass is 490 g/mol. The molecule has 0 heterocycles. The lowest BCUT2D eigenvalue weighted by molar-refractivity contribution is -0.123. The largest absolute Gasteiger partial charge is 0.507 e. The molecule has 168 valence electrons. The van der Waals surface area contributed by atoms with Gasteiger partial charge in [0.15, 0.2) is 18.1 Å². The van der Waals surface area contributed by atoms with Gasteiger partial charge in [0.2, 0.25) is 0 Å². The maximum Gasteiger partial charge on any atom is 0.277 e. The average Bonchev–Trinajstić information content (AvgIpc) is 2.66. The third-order valence-corrected chi connectivity index (χ3v) is 5.13. The fourth-order valence-electron chi connectivity index (χ4n) is 2.99. The Balaban J connectivity index is 2.12. The maximum atomic E-state index is 12.1. The Hall–Kier alpha value is -2.54. The lowest BCUT2D eigenvalue weighted by Crippen LogP contribution is -2.24. The van der Waals surface area contributed by atoms with Gasteiger partial charge in [0.25, 0.3) is 5.91 Å². The zero-order chi connectivity index (χ0) is 23.4. The van der Waals surface area contributed by atoms with E-state index in [0.717, 1.165) is 21.2 Å². The number of benzene rings is 2. The second-order valence-corrected chi connectivity index (χ2v) is 10.3. The molecule has 0 aliphatic heterocycles. The van der Waals surface area contributed by atoms with Crippen LogP contribution in [0.2, 0.25) is 0 Å². The SMILES string of the molecule is COc1cc(Br)ccc1OCC(=O)N/N=C/c1cc(C(C)(C)C)c(O)c(C(C)(C)C)c1. The van der Waals surface area contributed by atoms with Crippen LogP contribution < -0.4 is 14.9 Å². The van der Waals surface area contributed by atoms with E-state index < -0.39 is 5.91 Å². The molecule has 2 N–H and O–H groups in total. The average molecular weight is 491 g/mol. The second kappa shape index (κ2) is 9.73. The van der Waals surface area contributed by atoms with Gasteiger partial charge in [-0.15, -0.1) is 0 Å². The third-order valence-electron chi connectivity index (χ3n) is 4.64. The summed E-state index contributed by atoms with van der Waals surface area (Å²) in [5.74, 6) is 0.900. The lowest BCUT2D eigenvalue weighted by Gasteiger charge is -2.27. The van der Waals surface area contributed by atoms with E-state index in [-0.39, 0.29) is 17.4 Å². The van der Waals surface area contributed by atoms with E-state index in [9.17, 15) is 9.90 Å². The number of nitrogens with zero attached hydrogens (tertiary/aromatic N) is 1. The second-order valence-electron chi connectivity index (χ2n) is 9.34. The molecule has 31 heavy (non-hydrogen) atoms. The zero-order valence-electron chi connectivity index (χ0n) is 19.2. The Morgan fingerprint density at radius 1 is 1.06 bits per heavy atom. The predicted octanol–water partition coefficient (Wildman–Crippen LogP) is 5.29. The predicted molar refractivity (Wildman–Crippen MR) is 127 cm³/mol. The van der Waals surface area contributed by atoms with Crippen LogP contribution in [0.15, 0.2) is 39.9 Å². The number of rotatable bonds is 6. The van der Waals surface area contributed by atoms with Gasteiger partial charge in [0.05, 0.1) is 13.3 Å². The molecule has 6 nitrogen and oxygen atoms in total. The van der Waals surface area contributed by atoms with Crippen LogP contribution in [0.5, 0.6) is 17.2 Å². The summed E-state index contributed by atoms with van der Waals surface area (Å²) in [6.07, 6.45) is 1.57. The van der Waals surface area contributed by atoms with Crippen molar-refractivity contribution in [1.29, 1.82) is 0 Å². The van der Waals surface area contributed by atoms with Crippen LogP contribution in [-0.4, -0.2) is 30.9 Å². The highest BCUT2D eigenvalue weighted by Gasteiger charge is 2.26. The third kappa shape index (κ3) is 6.72. The molecule has 2 aromatic carbocycles. The summed E-state index contributed by atoms with van der Waals surface area (Å²) >= 11 is 3.36. The number of phenols is 1. The van der Waals surface area contributed by atoms with Gasteiger partial charge in [-0.05, 0) is 46.7 Å². The minimum atomic E-state index is -0.396. The molecule has 0 atom stereocenters. The van der Waals surface area contributed by atoms with Gasteiger partial charge < -0.3 is 14.6 Å². The molecular weight excluding hydrogens is 460 g/mol. The summed E-state index contributed by atoms with van der Waals surface area (Å²) in [4.78, 5) is 12.1. The first-order chi connectivity index (χ1) is 14.3. The number of phenolic OH excluding ortho intramolecular Hbond substituents is 1. The summed E-state index contributed by atoms with van der Waals surface area (Å²) in [7, 11) is 1.54. The minimum Gasteiger partial charge on any atom is -0.507 e. The molecular formula is C24H31BrN2O4. The summed E-state index contributed by atoms with van der Waals surface area (Å²) in [6.45, 7) is 12.1. The highest BCUT2D eigenvalue weighted by atomic mass is 79.9. The van der Waals surface area contributed by atoms with Crippen LogP contribution in [0.4, 0.5) is 0 Å². The Morgan fingerprint density at radius 2 is 1.65 bits per heavy atom. The lowest BCUT2D eigenvalue weighted by atomic mass is 9.78. The van der Waals surface area contributed by atoms with Crippen molar-refractivity contribution in [3.63, 3.8) is 0 Å². The number of carbonyl (C=O) groups is 1. The zero-order valence-corrected chi connectivity index (χ0v) is 20.8. The fraction of sp³-hybridized carbons (Fsp3) is 0.417. The molecule has 7 heteroatoms. The van der Waals surface area contributed by atoms with Gasteiger partial charge in [0.1, 0.15) is 5.75 Å². The number of ether oxygens (including phenoxy) is 2. The molecule has 2 aromatic rings. The molecule has 0 aromatic heterocycles. The van der Waals surface area contributed by atoms with Gasteiger partial charge >= 0.3 is 0 Å². The van der Waals surface area contributed by atoms with Gasteiger partial charge in [-0.1, -0.05) is 57.5 Å². The van der Waals surface area contributed by atoms with Crippen molar-refractivity contribution in [3.05, 3.63) is 51.5 Å². The van der Waals surface area contributed by atoms with E-state index in [1.165, 1.54) is 7.11 Å². The molecule has 0 fully saturated rings. The highest BCUT2D eigenvalue weighted by molar-refractivity contribution is 9.10. The van der Waals surface area contributed by atoms with Crippen LogP contribution in [0.1, 0.15) is 58.2 Å². The number of hydrogen-bond acceptors (Lipinski definition) is 5. The number of hydrogen-bond donors (Lipinski definition) is 2. The summed E-state index contributed by atoms with van der Waals surface area (Å²) in [5, 5.41) is 14.9. The molecule has 1 amide bonds. The summed E-state index contributed by atoms with van der Waals surface area (Å²) in [6, 6.07) is 9.07. The highest BCUT2D eigenvalue weighted by Crippen LogP contribution is 2.39. The first-order valence-electron chi connectivity index (χ1n) is 9.99. The number of amides is 1. The molecule has 2 rings (SSSR count). The van der Waals surface area contributed by atoms with E-state index in [2.05, 4.69) is 26.5 Å². The molecule has 0 radical (unpaired) electrons. The number of aromatic hydroxyl groups is 1. The molecule has 0 aliphatic carbocycles. The van der Waals surface area contributed by atoms with Crippen LogP contribution in [-0.2, 0) is 15.6 Å². The standard InChI is InChI=1S/C24H31BrN2O4/c1-23(2,3)17-10-15(11-18(22(17)29)24(4,5)6)13-26-27-21(28)14-31-19-9-8-16(25)12-20(19)30-7/h8-13,29H,14H2,1-7H3,(H,27,28)/b26-13+. The van der Waals surface area contributed by atoms with Crippen molar-refractivity contribution in [3.8, 4) is 17.2 Å². The number of halogens is 1. The van der Waals surface area contributed by atoms with Gasteiger partial charge in [-0.3, -0.25) is 4.79 Å². The van der Waals surface area contributed by atoms with E-state index in [1.807, 2.05) is 53.7 Å². The van der Waals surface area contributed by atoms with Crippen molar-refractivity contribution in [2.45, 2.75) is 52.4 Å². The van der Waals surface area contributed by atoms with Crippen molar-refractivity contribution < 1.29 is 19.4 Å². The van der Waals surface area contributed by atoms with Crippen molar-refractivity contribution >= 4 is 28.1 Å². The topological polar surface area (TPSA) is 80.2 Å². The van der Waals surface area contributed by atoms with E-state index in [1.54, 1.807) is 24.4 Å². The van der Waals surface area contributed by atoms with Gasteiger partial charge in [-0.25, -0.2) is 5.43 Å². The Labute approximate surface area is 192 Å². The van der Waals surface area contributed by atoms with Crippen LogP contribution in [0, 0.1) is 0 Å². The molecule has 0 unspecified atom stereocenters. The van der Waals surface area contributed by atoms with Crippen molar-refractivity contribution in [2.24, 2.45) is 5.10 Å². The first kappa shape index (κ1) is 24.7. The fourth-order valence-corrected chi connectivity index (χ4v) is 3.33. The quantitative estimate of drug-likeness (QED) is 0.425. The Morgan fingerprint density at radius 3 is 2.16 bits per heavy atom. The van der Waals surface area contributed by atoms with Crippen molar-refractivity contribution in [2.75, 3.05) is 13.7 Å². The smallest absolute Gasteiger partial charge is 0.277 e. The Kier molecular flexibility index (Phi) is 7.76. The molecule has 0 saturated heterocycles. The summed E-state index contributed by atoms with van der Waals surface area (Å²) in [5.41, 5.74) is 4.45. The molecule has 0 saturated carbocycles. The van der Waals surface area contributed by atoms with Gasteiger partial charge in [0, 0.05) is 15.6 Å². The normalized spacial score (nSPS) is 12.1. The number of hydrazone groups is 1. The number of nitrogens with one attached hydrogen (secondary N) is 1. The number of carbonyl (C=O) groups excluding carboxylic acids is 1. The van der Waals surface area contributed by atoms with E-state index >= 15 is 0 Å².